The summed E-state index contributed by atoms with van der Waals surface area (Å²) in [6.45, 7) is 2.54. The van der Waals surface area contributed by atoms with Crippen molar-refractivity contribution < 1.29 is 26.7 Å². The number of rotatable bonds is 5. The number of hydrogen-bond acceptors (Lipinski definition) is 2. The molecule has 27 heavy (non-hydrogen) atoms. The van der Waals surface area contributed by atoms with Crippen LogP contribution in [0.3, 0.4) is 0 Å². The molecular weight excluding hydrogens is 385 g/mol. The zero-order valence-electron chi connectivity index (χ0n) is 14.9. The molecule has 146 valence electrons. The molecule has 0 aliphatic rings. The van der Waals surface area contributed by atoms with Crippen molar-refractivity contribution in [3.8, 4) is 0 Å². The molecule has 2 aromatic rings. The van der Waals surface area contributed by atoms with Gasteiger partial charge in [0.2, 0.25) is 0 Å². The predicted molar refractivity (Wildman–Crippen MR) is 96.6 cm³/mol. The van der Waals surface area contributed by atoms with Gasteiger partial charge < -0.3 is 4.90 Å². The molecule has 0 saturated heterocycles. The van der Waals surface area contributed by atoms with E-state index in [2.05, 4.69) is 0 Å². The number of nitrogens with zero attached hydrogens (tertiary/aromatic N) is 1. The van der Waals surface area contributed by atoms with E-state index >= 15 is 0 Å². The van der Waals surface area contributed by atoms with Crippen LogP contribution < -0.4 is 4.90 Å². The van der Waals surface area contributed by atoms with Crippen LogP contribution in [0.1, 0.15) is 35.3 Å². The number of amides is 1. The molecule has 1 amide bonds. The van der Waals surface area contributed by atoms with E-state index in [1.165, 1.54) is 36.2 Å². The normalized spacial score (nSPS) is 12.1. The fourth-order valence-electron chi connectivity index (χ4n) is 2.43. The first-order valence-corrected chi connectivity index (χ1v) is 9.04. The molecule has 0 radical (unpaired) electrons. The quantitative estimate of drug-likeness (QED) is 0.437. The lowest BCUT2D eigenvalue weighted by Crippen LogP contribution is -2.27. The van der Waals surface area contributed by atoms with Crippen molar-refractivity contribution in [1.29, 1.82) is 0 Å². The summed E-state index contributed by atoms with van der Waals surface area (Å²) in [6, 6.07) is 8.15. The van der Waals surface area contributed by atoms with Gasteiger partial charge in [0.25, 0.3) is 11.8 Å². The molecule has 0 bridgehead atoms. The lowest BCUT2D eigenvalue weighted by molar-refractivity contribution is -0.137. The summed E-state index contributed by atoms with van der Waals surface area (Å²) in [5.74, 6) is -3.03. The Labute approximate surface area is 158 Å². The molecule has 0 aliphatic carbocycles. The maximum Gasteiger partial charge on any atom is 0.416 e. The first-order chi connectivity index (χ1) is 12.4. The van der Waals surface area contributed by atoms with E-state index in [1.54, 1.807) is 6.92 Å². The van der Waals surface area contributed by atoms with Gasteiger partial charge in [-0.25, -0.2) is 8.78 Å². The SMILES string of the molecule is CCSc1cc(C(F)(F)F)ccc1C(=O)N(C)c1ccc(C(C)(F)F)cc1. The van der Waals surface area contributed by atoms with Crippen LogP contribution in [0.2, 0.25) is 0 Å². The molecule has 0 aromatic heterocycles. The van der Waals surface area contributed by atoms with E-state index in [9.17, 15) is 26.7 Å². The summed E-state index contributed by atoms with van der Waals surface area (Å²) in [6.07, 6.45) is -4.50. The van der Waals surface area contributed by atoms with E-state index in [0.29, 0.717) is 11.4 Å². The molecule has 2 rings (SSSR count). The third-order valence-electron chi connectivity index (χ3n) is 3.91. The van der Waals surface area contributed by atoms with Gasteiger partial charge in [0.15, 0.2) is 0 Å². The van der Waals surface area contributed by atoms with Crippen LogP contribution in [0.25, 0.3) is 0 Å². The highest BCUT2D eigenvalue weighted by Gasteiger charge is 2.32. The number of halogens is 5. The Hall–Kier alpha value is -2.09. The molecule has 8 heteroatoms. The Balaban J connectivity index is 2.35. The minimum Gasteiger partial charge on any atom is -0.311 e. The Bertz CT molecular complexity index is 812. The molecule has 0 atom stereocenters. The second-order valence-electron chi connectivity index (χ2n) is 5.94. The van der Waals surface area contributed by atoms with Gasteiger partial charge in [-0.2, -0.15) is 13.2 Å². The first kappa shape index (κ1) is 21.2. The van der Waals surface area contributed by atoms with Gasteiger partial charge in [-0.15, -0.1) is 11.8 Å². The lowest BCUT2D eigenvalue weighted by atomic mass is 10.1. The summed E-state index contributed by atoms with van der Waals surface area (Å²) in [5, 5.41) is 0. The highest BCUT2D eigenvalue weighted by Crippen LogP contribution is 2.35. The number of anilines is 1. The number of hydrogen-bond donors (Lipinski definition) is 0. The average Bonchev–Trinajstić information content (AvgIpc) is 2.59. The Morgan fingerprint density at radius 2 is 1.56 bits per heavy atom. The molecule has 0 heterocycles. The number of benzene rings is 2. The van der Waals surface area contributed by atoms with E-state index in [4.69, 9.17) is 0 Å². The smallest absolute Gasteiger partial charge is 0.311 e. The lowest BCUT2D eigenvalue weighted by Gasteiger charge is -2.21. The molecule has 0 spiro atoms. The van der Waals surface area contributed by atoms with Gasteiger partial charge in [0, 0.05) is 30.1 Å². The molecule has 0 fully saturated rings. The minimum atomic E-state index is -4.50. The summed E-state index contributed by atoms with van der Waals surface area (Å²) >= 11 is 1.13. The third kappa shape index (κ3) is 5.00. The van der Waals surface area contributed by atoms with Crippen LogP contribution >= 0.6 is 11.8 Å². The van der Waals surface area contributed by atoms with Crippen molar-refractivity contribution in [2.24, 2.45) is 0 Å². The molecule has 2 aromatic carbocycles. The fraction of sp³-hybridized carbons (Fsp3) is 0.316. The van der Waals surface area contributed by atoms with Gasteiger partial charge in [0.1, 0.15) is 0 Å². The van der Waals surface area contributed by atoms with Crippen LogP contribution in [0.5, 0.6) is 0 Å². The van der Waals surface area contributed by atoms with Crippen molar-refractivity contribution in [2.75, 3.05) is 17.7 Å². The molecule has 0 aliphatic heterocycles. The van der Waals surface area contributed by atoms with Crippen LogP contribution in [0, 0.1) is 0 Å². The summed E-state index contributed by atoms with van der Waals surface area (Å²) in [5.41, 5.74) is -0.529. The van der Waals surface area contributed by atoms with Gasteiger partial charge >= 0.3 is 6.18 Å². The number of carbonyl (C=O) groups is 1. The summed E-state index contributed by atoms with van der Waals surface area (Å²) < 4.78 is 65.4. The summed E-state index contributed by atoms with van der Waals surface area (Å²) in [7, 11) is 1.44. The topological polar surface area (TPSA) is 20.3 Å². The van der Waals surface area contributed by atoms with E-state index in [0.717, 1.165) is 36.9 Å². The van der Waals surface area contributed by atoms with Gasteiger partial charge in [-0.3, -0.25) is 4.79 Å². The monoisotopic (exact) mass is 403 g/mol. The van der Waals surface area contributed by atoms with Crippen LogP contribution in [-0.4, -0.2) is 18.7 Å². The van der Waals surface area contributed by atoms with Crippen molar-refractivity contribution in [1.82, 2.24) is 0 Å². The van der Waals surface area contributed by atoms with Crippen LogP contribution in [0.15, 0.2) is 47.4 Å². The van der Waals surface area contributed by atoms with Crippen LogP contribution in [-0.2, 0) is 12.1 Å². The van der Waals surface area contributed by atoms with Gasteiger partial charge in [-0.1, -0.05) is 19.1 Å². The molecular formula is C19H18F5NOS. The second kappa shape index (κ2) is 7.88. The van der Waals surface area contributed by atoms with Gasteiger partial charge in [0.05, 0.1) is 11.1 Å². The van der Waals surface area contributed by atoms with Gasteiger partial charge in [-0.05, 0) is 36.1 Å². The number of thioether (sulfide) groups is 1. The van der Waals surface area contributed by atoms with Crippen molar-refractivity contribution in [2.45, 2.75) is 30.8 Å². The standard InChI is InChI=1S/C19H18F5NOS/c1-4-27-16-11-13(19(22,23)24)7-10-15(16)17(26)25(3)14-8-5-12(6-9-14)18(2,20)21/h5-11H,4H2,1-3H3. The first-order valence-electron chi connectivity index (χ1n) is 8.05. The van der Waals surface area contributed by atoms with Crippen molar-refractivity contribution in [3.63, 3.8) is 0 Å². The Morgan fingerprint density at radius 3 is 2.04 bits per heavy atom. The highest BCUT2D eigenvalue weighted by molar-refractivity contribution is 7.99. The maximum absolute atomic E-state index is 13.3. The van der Waals surface area contributed by atoms with Crippen LogP contribution in [0.4, 0.5) is 27.6 Å². The zero-order chi connectivity index (χ0) is 20.4. The maximum atomic E-state index is 13.3. The van der Waals surface area contributed by atoms with Crippen molar-refractivity contribution in [3.05, 3.63) is 59.2 Å². The number of carbonyl (C=O) groups excluding carboxylic acids is 1. The molecule has 2 nitrogen and oxygen atoms in total. The number of alkyl halides is 5. The average molecular weight is 403 g/mol. The Morgan fingerprint density at radius 1 is 1.00 bits per heavy atom. The van der Waals surface area contributed by atoms with Crippen molar-refractivity contribution >= 4 is 23.4 Å². The van der Waals surface area contributed by atoms with E-state index in [1.807, 2.05) is 0 Å². The zero-order valence-corrected chi connectivity index (χ0v) is 15.7. The minimum absolute atomic E-state index is 0.127. The molecule has 0 saturated carbocycles. The molecule has 0 unspecified atom stereocenters. The third-order valence-corrected chi connectivity index (χ3v) is 4.84. The largest absolute Gasteiger partial charge is 0.416 e. The van der Waals surface area contributed by atoms with E-state index < -0.39 is 23.6 Å². The Kier molecular flexibility index (Phi) is 6.19. The fourth-order valence-corrected chi connectivity index (χ4v) is 3.26. The highest BCUT2D eigenvalue weighted by atomic mass is 32.2. The predicted octanol–water partition coefficient (Wildman–Crippen LogP) is 6.21. The summed E-state index contributed by atoms with van der Waals surface area (Å²) in [4.78, 5) is 14.2. The van der Waals surface area contributed by atoms with E-state index in [-0.39, 0.29) is 16.0 Å². The second-order valence-corrected chi connectivity index (χ2v) is 7.25. The molecule has 0 N–H and O–H groups in total.